The lowest BCUT2D eigenvalue weighted by molar-refractivity contribution is 0.393. The van der Waals surface area contributed by atoms with Crippen molar-refractivity contribution in [3.63, 3.8) is 0 Å². The SMILES string of the molecule is Cn1cc(Cn2c(=O)[nH]c3ccc(S(=O)(=O)NC4(CF)CC4)c(Cc4cccc(C#N)n4)c3c2=O)cn1. The van der Waals surface area contributed by atoms with E-state index in [1.165, 1.54) is 29.1 Å². The number of aromatic nitrogens is 5. The number of H-pyrrole nitrogens is 1. The van der Waals surface area contributed by atoms with Crippen LogP contribution in [0.1, 0.15) is 35.4 Å². The highest BCUT2D eigenvalue weighted by molar-refractivity contribution is 7.89. The van der Waals surface area contributed by atoms with Gasteiger partial charge in [-0.05, 0) is 42.7 Å². The highest BCUT2D eigenvalue weighted by Gasteiger charge is 2.46. The van der Waals surface area contributed by atoms with Gasteiger partial charge in [-0.3, -0.25) is 14.0 Å². The van der Waals surface area contributed by atoms with E-state index < -0.39 is 33.5 Å². The van der Waals surface area contributed by atoms with Crippen molar-refractivity contribution in [1.82, 2.24) is 29.0 Å². The third kappa shape index (κ3) is 4.68. The second kappa shape index (κ2) is 9.06. The van der Waals surface area contributed by atoms with Gasteiger partial charge in [-0.25, -0.2) is 27.3 Å². The summed E-state index contributed by atoms with van der Waals surface area (Å²) in [5.41, 5.74) is -1.22. The van der Waals surface area contributed by atoms with Crippen molar-refractivity contribution in [2.45, 2.75) is 36.2 Å². The van der Waals surface area contributed by atoms with Gasteiger partial charge in [-0.2, -0.15) is 10.4 Å². The second-order valence-electron chi connectivity index (χ2n) is 9.13. The maximum atomic E-state index is 13.7. The molecule has 0 amide bonds. The average molecular weight is 524 g/mol. The zero-order valence-electron chi connectivity index (χ0n) is 19.7. The molecule has 3 aromatic heterocycles. The minimum atomic E-state index is -4.26. The lowest BCUT2D eigenvalue weighted by Gasteiger charge is -2.18. The molecular weight excluding hydrogens is 501 g/mol. The molecule has 5 rings (SSSR count). The monoisotopic (exact) mass is 523 g/mol. The van der Waals surface area contributed by atoms with Gasteiger partial charge in [-0.1, -0.05) is 6.07 Å². The predicted octanol–water partition coefficient (Wildman–Crippen LogP) is 1.11. The van der Waals surface area contributed by atoms with E-state index in [1.54, 1.807) is 25.4 Å². The number of pyridine rings is 1. The van der Waals surface area contributed by atoms with Gasteiger partial charge in [0.1, 0.15) is 18.4 Å². The van der Waals surface area contributed by atoms with Crippen LogP contribution < -0.4 is 16.0 Å². The Hall–Kier alpha value is -4.15. The zero-order chi connectivity index (χ0) is 26.4. The molecule has 1 fully saturated rings. The number of hydrogen-bond donors (Lipinski definition) is 2. The van der Waals surface area contributed by atoms with Crippen molar-refractivity contribution < 1.29 is 12.8 Å². The Morgan fingerprint density at radius 2 is 2.03 bits per heavy atom. The fourth-order valence-corrected chi connectivity index (χ4v) is 5.95. The number of nitrogens with one attached hydrogen (secondary N) is 2. The maximum Gasteiger partial charge on any atom is 0.329 e. The Labute approximate surface area is 210 Å². The number of aromatic amines is 1. The topological polar surface area (TPSA) is 156 Å². The van der Waals surface area contributed by atoms with E-state index in [0.29, 0.717) is 24.1 Å². The van der Waals surface area contributed by atoms with Crippen LogP contribution in [0.25, 0.3) is 10.9 Å². The molecule has 2 N–H and O–H groups in total. The second-order valence-corrected chi connectivity index (χ2v) is 10.8. The van der Waals surface area contributed by atoms with Crippen molar-refractivity contribution in [3.8, 4) is 6.07 Å². The first kappa shape index (κ1) is 24.5. The van der Waals surface area contributed by atoms with E-state index in [9.17, 15) is 27.7 Å². The zero-order valence-corrected chi connectivity index (χ0v) is 20.5. The molecule has 0 saturated heterocycles. The standard InChI is InChI=1S/C24H22FN7O4S/c1-31-12-15(11-27-31)13-32-22(33)21-18(9-16-3-2-4-17(10-26)28-16)20(6-5-19(21)29-23(32)34)37(35,36)30-24(14-25)7-8-24/h2-6,11-12,30H,7-9,13-14H2,1H3,(H,29,34). The normalized spacial score (nSPS) is 14.5. The summed E-state index contributed by atoms with van der Waals surface area (Å²) in [6.45, 7) is -0.939. The van der Waals surface area contributed by atoms with Gasteiger partial charge in [0.25, 0.3) is 5.56 Å². The van der Waals surface area contributed by atoms with Gasteiger partial charge >= 0.3 is 5.69 Å². The molecule has 0 spiro atoms. The molecule has 4 aromatic rings. The molecule has 13 heteroatoms. The third-order valence-corrected chi connectivity index (χ3v) is 8.01. The number of hydrogen-bond acceptors (Lipinski definition) is 7. The first-order valence-corrected chi connectivity index (χ1v) is 12.9. The number of rotatable bonds is 8. The largest absolute Gasteiger partial charge is 0.329 e. The van der Waals surface area contributed by atoms with Crippen molar-refractivity contribution in [2.24, 2.45) is 7.05 Å². The molecule has 0 bridgehead atoms. The number of fused-ring (bicyclic) bond motifs is 1. The summed E-state index contributed by atoms with van der Waals surface area (Å²) < 4.78 is 45.4. The van der Waals surface area contributed by atoms with E-state index >= 15 is 0 Å². The van der Waals surface area contributed by atoms with Crippen molar-refractivity contribution in [3.05, 3.63) is 86.1 Å². The van der Waals surface area contributed by atoms with E-state index in [4.69, 9.17) is 0 Å². The first-order chi connectivity index (χ1) is 17.6. The first-order valence-electron chi connectivity index (χ1n) is 11.4. The van der Waals surface area contributed by atoms with E-state index in [0.717, 1.165) is 4.57 Å². The van der Waals surface area contributed by atoms with Gasteiger partial charge in [-0.15, -0.1) is 0 Å². The summed E-state index contributed by atoms with van der Waals surface area (Å²) in [5.74, 6) is 0. The van der Waals surface area contributed by atoms with Crippen molar-refractivity contribution in [1.29, 1.82) is 5.26 Å². The van der Waals surface area contributed by atoms with Crippen LogP contribution in [0, 0.1) is 11.3 Å². The fraction of sp³-hybridized carbons (Fsp3) is 0.292. The molecule has 1 aliphatic carbocycles. The summed E-state index contributed by atoms with van der Waals surface area (Å²) in [7, 11) is -2.56. The molecule has 0 unspecified atom stereocenters. The molecule has 3 heterocycles. The molecule has 0 aliphatic heterocycles. The van der Waals surface area contributed by atoms with Gasteiger partial charge in [0.15, 0.2) is 0 Å². The number of halogens is 1. The van der Waals surface area contributed by atoms with Crippen molar-refractivity contribution >= 4 is 20.9 Å². The van der Waals surface area contributed by atoms with Crippen LogP contribution in [0.5, 0.6) is 0 Å². The van der Waals surface area contributed by atoms with Crippen LogP contribution in [0.15, 0.2) is 57.2 Å². The van der Waals surface area contributed by atoms with Crippen LogP contribution >= 0.6 is 0 Å². The van der Waals surface area contributed by atoms with E-state index in [2.05, 4.69) is 19.8 Å². The number of nitrogens with zero attached hydrogens (tertiary/aromatic N) is 5. The number of alkyl halides is 1. The lowest BCUT2D eigenvalue weighted by atomic mass is 10.0. The minimum absolute atomic E-state index is 0.0133. The quantitative estimate of drug-likeness (QED) is 0.350. The number of sulfonamides is 1. The summed E-state index contributed by atoms with van der Waals surface area (Å²) in [6.07, 6.45) is 3.78. The number of benzene rings is 1. The number of nitriles is 1. The van der Waals surface area contributed by atoms with E-state index in [-0.39, 0.29) is 40.0 Å². The molecule has 0 radical (unpaired) electrons. The Balaban J connectivity index is 1.74. The third-order valence-electron chi connectivity index (χ3n) is 6.34. The Kier molecular flexibility index (Phi) is 6.01. The summed E-state index contributed by atoms with van der Waals surface area (Å²) in [5, 5.41) is 13.3. The summed E-state index contributed by atoms with van der Waals surface area (Å²) in [4.78, 5) is 33.2. The Bertz CT molecular complexity index is 1800. The molecule has 1 aliphatic rings. The summed E-state index contributed by atoms with van der Waals surface area (Å²) in [6, 6.07) is 9.27. The minimum Gasteiger partial charge on any atom is -0.307 e. The van der Waals surface area contributed by atoms with Crippen LogP contribution in [0.2, 0.25) is 0 Å². The van der Waals surface area contributed by atoms with Gasteiger partial charge < -0.3 is 4.98 Å². The molecule has 0 atom stereocenters. The molecule has 37 heavy (non-hydrogen) atoms. The van der Waals surface area contributed by atoms with Crippen LogP contribution in [-0.4, -0.2) is 44.9 Å². The van der Waals surface area contributed by atoms with Crippen LogP contribution in [-0.2, 0) is 30.0 Å². The molecule has 1 saturated carbocycles. The smallest absolute Gasteiger partial charge is 0.307 e. The fourth-order valence-electron chi connectivity index (χ4n) is 4.27. The summed E-state index contributed by atoms with van der Waals surface area (Å²) >= 11 is 0. The molecule has 11 nitrogen and oxygen atoms in total. The Morgan fingerprint density at radius 3 is 2.68 bits per heavy atom. The Morgan fingerprint density at radius 1 is 1.24 bits per heavy atom. The molecule has 190 valence electrons. The highest BCUT2D eigenvalue weighted by Crippen LogP contribution is 2.38. The number of aryl methyl sites for hydroxylation is 1. The van der Waals surface area contributed by atoms with Crippen LogP contribution in [0.3, 0.4) is 0 Å². The molecular formula is C24H22FN7O4S. The highest BCUT2D eigenvalue weighted by atomic mass is 32.2. The average Bonchev–Trinajstić information content (AvgIpc) is 3.51. The van der Waals surface area contributed by atoms with Gasteiger partial charge in [0.2, 0.25) is 10.0 Å². The van der Waals surface area contributed by atoms with Crippen molar-refractivity contribution in [2.75, 3.05) is 6.67 Å². The lowest BCUT2D eigenvalue weighted by Crippen LogP contribution is -2.39. The van der Waals surface area contributed by atoms with Gasteiger partial charge in [0.05, 0.1) is 34.1 Å². The van der Waals surface area contributed by atoms with Gasteiger partial charge in [0, 0.05) is 30.9 Å². The molecule has 1 aromatic carbocycles. The predicted molar refractivity (Wildman–Crippen MR) is 131 cm³/mol. The maximum absolute atomic E-state index is 13.7. The van der Waals surface area contributed by atoms with E-state index in [1.807, 2.05) is 6.07 Å². The van der Waals surface area contributed by atoms with Crippen LogP contribution in [0.4, 0.5) is 4.39 Å².